The molecule has 2 aromatic rings. The van der Waals surface area contributed by atoms with Gasteiger partial charge in [-0.15, -0.1) is 0 Å². The Morgan fingerprint density at radius 2 is 1.96 bits per heavy atom. The van der Waals surface area contributed by atoms with Crippen molar-refractivity contribution in [3.05, 3.63) is 71.0 Å². The molecule has 0 saturated carbocycles. The van der Waals surface area contributed by atoms with Crippen molar-refractivity contribution in [2.24, 2.45) is 0 Å². The molecule has 0 aromatic heterocycles. The van der Waals surface area contributed by atoms with E-state index in [1.807, 2.05) is 7.05 Å². The van der Waals surface area contributed by atoms with Crippen molar-refractivity contribution >= 4 is 5.91 Å². The van der Waals surface area contributed by atoms with Gasteiger partial charge in [-0.3, -0.25) is 9.69 Å². The van der Waals surface area contributed by atoms with E-state index in [2.05, 4.69) is 34.5 Å². The quantitative estimate of drug-likeness (QED) is 0.913. The van der Waals surface area contributed by atoms with Gasteiger partial charge in [-0.05, 0) is 43.5 Å². The average molecular weight is 326 g/mol. The van der Waals surface area contributed by atoms with E-state index in [0.717, 1.165) is 19.3 Å². The molecule has 0 bridgehead atoms. The molecule has 0 heterocycles. The normalized spacial score (nSPS) is 16.7. The van der Waals surface area contributed by atoms with Crippen molar-refractivity contribution in [3.8, 4) is 0 Å². The number of aryl methyl sites for hydroxylation is 1. The van der Waals surface area contributed by atoms with Crippen LogP contribution in [0.25, 0.3) is 0 Å². The van der Waals surface area contributed by atoms with Crippen LogP contribution in [0.2, 0.25) is 0 Å². The number of hydrogen-bond acceptors (Lipinski definition) is 2. The highest BCUT2D eigenvalue weighted by Gasteiger charge is 2.24. The standard InChI is InChI=1S/C20H23FN2O/c1-23(19-12-6-9-15-7-2-4-10-17(15)19)14-20(24)22-13-16-8-3-5-11-18(16)21/h2-5,7-8,10-11,19H,6,9,12-14H2,1H3,(H,22,24)/t19-/m1/s1. The van der Waals surface area contributed by atoms with E-state index >= 15 is 0 Å². The zero-order valence-electron chi connectivity index (χ0n) is 14.0. The van der Waals surface area contributed by atoms with Crippen LogP contribution in [0.1, 0.15) is 35.6 Å². The lowest BCUT2D eigenvalue weighted by molar-refractivity contribution is -0.122. The highest BCUT2D eigenvalue weighted by molar-refractivity contribution is 5.78. The Kier molecular flexibility index (Phi) is 5.26. The van der Waals surface area contributed by atoms with Crippen molar-refractivity contribution in [3.63, 3.8) is 0 Å². The van der Waals surface area contributed by atoms with Gasteiger partial charge in [-0.2, -0.15) is 0 Å². The predicted octanol–water partition coefficient (Wildman–Crippen LogP) is 3.45. The smallest absolute Gasteiger partial charge is 0.234 e. The van der Waals surface area contributed by atoms with Gasteiger partial charge >= 0.3 is 0 Å². The van der Waals surface area contributed by atoms with Crippen LogP contribution in [0.15, 0.2) is 48.5 Å². The van der Waals surface area contributed by atoms with E-state index < -0.39 is 0 Å². The van der Waals surface area contributed by atoms with Crippen LogP contribution in [0.5, 0.6) is 0 Å². The highest BCUT2D eigenvalue weighted by Crippen LogP contribution is 2.33. The lowest BCUT2D eigenvalue weighted by atomic mass is 9.87. The molecule has 4 heteroatoms. The Morgan fingerprint density at radius 3 is 2.79 bits per heavy atom. The molecule has 0 saturated heterocycles. The molecule has 1 aliphatic carbocycles. The first-order valence-corrected chi connectivity index (χ1v) is 8.43. The third kappa shape index (κ3) is 3.82. The second kappa shape index (κ2) is 7.58. The highest BCUT2D eigenvalue weighted by atomic mass is 19.1. The third-order valence-electron chi connectivity index (χ3n) is 4.70. The Balaban J connectivity index is 1.58. The van der Waals surface area contributed by atoms with E-state index in [-0.39, 0.29) is 24.3 Å². The number of carbonyl (C=O) groups excluding carboxylic acids is 1. The van der Waals surface area contributed by atoms with Gasteiger partial charge in [0.15, 0.2) is 0 Å². The Bertz CT molecular complexity index is 716. The third-order valence-corrected chi connectivity index (χ3v) is 4.70. The molecule has 0 fully saturated rings. The molecule has 2 aromatic carbocycles. The van der Waals surface area contributed by atoms with Crippen molar-refractivity contribution in [1.29, 1.82) is 0 Å². The fraction of sp³-hybridized carbons (Fsp3) is 0.350. The van der Waals surface area contributed by atoms with Gasteiger partial charge < -0.3 is 5.32 Å². The van der Waals surface area contributed by atoms with Gasteiger partial charge in [0.05, 0.1) is 6.54 Å². The number of likely N-dealkylation sites (N-methyl/N-ethyl adjacent to an activating group) is 1. The Morgan fingerprint density at radius 1 is 1.21 bits per heavy atom. The van der Waals surface area contributed by atoms with Gasteiger partial charge in [-0.1, -0.05) is 42.5 Å². The minimum Gasteiger partial charge on any atom is -0.351 e. The summed E-state index contributed by atoms with van der Waals surface area (Å²) in [7, 11) is 1.98. The maximum atomic E-state index is 13.6. The lowest BCUT2D eigenvalue weighted by Gasteiger charge is -2.32. The van der Waals surface area contributed by atoms with Crippen LogP contribution in [0.4, 0.5) is 4.39 Å². The van der Waals surface area contributed by atoms with Crippen LogP contribution < -0.4 is 5.32 Å². The largest absolute Gasteiger partial charge is 0.351 e. The first-order valence-electron chi connectivity index (χ1n) is 8.43. The zero-order valence-corrected chi connectivity index (χ0v) is 14.0. The molecule has 0 radical (unpaired) electrons. The van der Waals surface area contributed by atoms with E-state index in [4.69, 9.17) is 0 Å². The summed E-state index contributed by atoms with van der Waals surface area (Å²) >= 11 is 0. The molecular formula is C20H23FN2O. The van der Waals surface area contributed by atoms with Crippen molar-refractivity contribution in [2.75, 3.05) is 13.6 Å². The number of nitrogens with zero attached hydrogens (tertiary/aromatic N) is 1. The number of benzene rings is 2. The topological polar surface area (TPSA) is 32.3 Å². The SMILES string of the molecule is CN(CC(=O)NCc1ccccc1F)[C@@H]1CCCc2ccccc21. The summed E-state index contributed by atoms with van der Waals surface area (Å²) in [6.07, 6.45) is 3.32. The molecule has 3 nitrogen and oxygen atoms in total. The molecule has 126 valence electrons. The van der Waals surface area contributed by atoms with Gasteiger partial charge in [0.1, 0.15) is 5.82 Å². The summed E-state index contributed by atoms with van der Waals surface area (Å²) in [6, 6.07) is 15.3. The number of fused-ring (bicyclic) bond motifs is 1. The van der Waals surface area contributed by atoms with Gasteiger partial charge in [0.2, 0.25) is 5.91 Å². The molecule has 1 amide bonds. The van der Waals surface area contributed by atoms with Crippen molar-refractivity contribution in [2.45, 2.75) is 31.8 Å². The molecule has 3 rings (SSSR count). The first-order chi connectivity index (χ1) is 11.6. The first kappa shape index (κ1) is 16.7. The average Bonchev–Trinajstić information content (AvgIpc) is 2.60. The molecule has 1 N–H and O–H groups in total. The number of nitrogens with one attached hydrogen (secondary N) is 1. The fourth-order valence-electron chi connectivity index (χ4n) is 3.41. The summed E-state index contributed by atoms with van der Waals surface area (Å²) in [5.74, 6) is -0.365. The molecular weight excluding hydrogens is 303 g/mol. The number of halogens is 1. The summed E-state index contributed by atoms with van der Waals surface area (Å²) in [5.41, 5.74) is 3.22. The van der Waals surface area contributed by atoms with Crippen molar-refractivity contribution < 1.29 is 9.18 Å². The minimum absolute atomic E-state index is 0.0798. The van der Waals surface area contributed by atoms with Gasteiger partial charge in [0.25, 0.3) is 0 Å². The number of amides is 1. The second-order valence-electron chi connectivity index (χ2n) is 6.39. The van der Waals surface area contributed by atoms with E-state index in [1.165, 1.54) is 17.2 Å². The maximum absolute atomic E-state index is 13.6. The van der Waals surface area contributed by atoms with Crippen LogP contribution in [-0.2, 0) is 17.8 Å². The maximum Gasteiger partial charge on any atom is 0.234 e. The lowest BCUT2D eigenvalue weighted by Crippen LogP contribution is -2.38. The van der Waals surface area contributed by atoms with Crippen LogP contribution in [0.3, 0.4) is 0 Å². The molecule has 1 aliphatic rings. The van der Waals surface area contributed by atoms with Gasteiger partial charge in [0, 0.05) is 18.2 Å². The van der Waals surface area contributed by atoms with Crippen LogP contribution in [0, 0.1) is 5.82 Å². The van der Waals surface area contributed by atoms with E-state index in [9.17, 15) is 9.18 Å². The fourth-order valence-corrected chi connectivity index (χ4v) is 3.41. The number of rotatable bonds is 5. The van der Waals surface area contributed by atoms with Crippen molar-refractivity contribution in [1.82, 2.24) is 10.2 Å². The summed E-state index contributed by atoms with van der Waals surface area (Å²) in [5, 5.41) is 2.81. The monoisotopic (exact) mass is 326 g/mol. The minimum atomic E-state index is -0.285. The van der Waals surface area contributed by atoms with Crippen LogP contribution in [-0.4, -0.2) is 24.4 Å². The Labute approximate surface area is 142 Å². The number of hydrogen-bond donors (Lipinski definition) is 1. The van der Waals surface area contributed by atoms with E-state index in [1.54, 1.807) is 18.2 Å². The summed E-state index contributed by atoms with van der Waals surface area (Å²) in [6.45, 7) is 0.536. The zero-order chi connectivity index (χ0) is 16.9. The molecule has 24 heavy (non-hydrogen) atoms. The summed E-state index contributed by atoms with van der Waals surface area (Å²) < 4.78 is 13.6. The molecule has 0 aliphatic heterocycles. The van der Waals surface area contributed by atoms with Gasteiger partial charge in [-0.25, -0.2) is 4.39 Å². The molecule has 0 unspecified atom stereocenters. The van der Waals surface area contributed by atoms with Crippen LogP contribution >= 0.6 is 0 Å². The summed E-state index contributed by atoms with van der Waals surface area (Å²) in [4.78, 5) is 14.3. The van der Waals surface area contributed by atoms with E-state index in [0.29, 0.717) is 12.1 Å². The molecule has 0 spiro atoms. The predicted molar refractivity (Wildman–Crippen MR) is 93.0 cm³/mol. The Hall–Kier alpha value is -2.20. The number of carbonyl (C=O) groups is 1. The second-order valence-corrected chi connectivity index (χ2v) is 6.39. The molecule has 1 atom stereocenters.